The van der Waals surface area contributed by atoms with Gasteiger partial charge in [0.2, 0.25) is 0 Å². The maximum absolute atomic E-state index is 12.8. The molecule has 2 aromatic carbocycles. The van der Waals surface area contributed by atoms with E-state index >= 15 is 0 Å². The first-order chi connectivity index (χ1) is 15.4. The van der Waals surface area contributed by atoms with Crippen molar-refractivity contribution < 1.29 is 36.2 Å². The molecule has 0 radical (unpaired) electrons. The van der Waals surface area contributed by atoms with Gasteiger partial charge >= 0.3 is 18.3 Å². The van der Waals surface area contributed by atoms with E-state index < -0.39 is 29.4 Å². The van der Waals surface area contributed by atoms with E-state index in [0.717, 1.165) is 29.8 Å². The molecule has 9 heteroatoms. The summed E-state index contributed by atoms with van der Waals surface area (Å²) in [5.41, 5.74) is 0.0642. The molecule has 1 saturated heterocycles. The highest BCUT2D eigenvalue weighted by Gasteiger charge is 2.32. The van der Waals surface area contributed by atoms with Crippen LogP contribution in [0.15, 0.2) is 48.5 Å². The highest BCUT2D eigenvalue weighted by molar-refractivity contribution is 5.67. The predicted octanol–water partition coefficient (Wildman–Crippen LogP) is 6.27. The predicted molar refractivity (Wildman–Crippen MR) is 110 cm³/mol. The molecule has 2 atom stereocenters. The molecule has 0 spiro atoms. The smallest absolute Gasteiger partial charge is 0.416 e. The lowest BCUT2D eigenvalue weighted by molar-refractivity contribution is -0.139. The average molecular weight is 473 g/mol. The molecule has 0 aromatic heterocycles. The molecule has 1 aliphatic rings. The van der Waals surface area contributed by atoms with E-state index in [0.29, 0.717) is 44.5 Å². The van der Waals surface area contributed by atoms with E-state index in [1.807, 2.05) is 0 Å². The Balaban J connectivity index is 1.63. The Bertz CT molecular complexity index is 922. The van der Waals surface area contributed by atoms with E-state index in [1.165, 1.54) is 24.3 Å². The van der Waals surface area contributed by atoms with Gasteiger partial charge in [-0.15, -0.1) is 0 Å². The minimum absolute atomic E-state index is 0.000289. The molecule has 180 valence electrons. The Morgan fingerprint density at radius 3 is 1.79 bits per heavy atom. The van der Waals surface area contributed by atoms with Crippen molar-refractivity contribution in [2.75, 3.05) is 13.1 Å². The summed E-state index contributed by atoms with van der Waals surface area (Å²) in [5.74, 6) is -0.860. The number of rotatable bonds is 7. The summed E-state index contributed by atoms with van der Waals surface area (Å²) in [7, 11) is 0. The first kappa shape index (κ1) is 25.1. The quantitative estimate of drug-likeness (QED) is 0.482. The topological polar surface area (TPSA) is 40.5 Å². The zero-order valence-electron chi connectivity index (χ0n) is 17.8. The van der Waals surface area contributed by atoms with E-state index in [4.69, 9.17) is 0 Å². The fourth-order valence-electron chi connectivity index (χ4n) is 4.45. The SMILES string of the molecule is O=C(O)CC1CC(CCc2ccc(C(F)(F)F)cc2)CN(Cc2ccc(C(F)(F)F)cc2)C1. The van der Waals surface area contributed by atoms with Crippen LogP contribution >= 0.6 is 0 Å². The second kappa shape index (κ2) is 10.2. The minimum Gasteiger partial charge on any atom is -0.481 e. The van der Waals surface area contributed by atoms with Gasteiger partial charge in [0, 0.05) is 26.1 Å². The number of carboxylic acid groups (broad SMARTS) is 1. The van der Waals surface area contributed by atoms with Crippen molar-refractivity contribution in [3.05, 3.63) is 70.8 Å². The lowest BCUT2D eigenvalue weighted by Crippen LogP contribution is -2.40. The maximum Gasteiger partial charge on any atom is 0.416 e. The number of halogens is 6. The Morgan fingerprint density at radius 1 is 0.818 bits per heavy atom. The van der Waals surface area contributed by atoms with Crippen LogP contribution in [0.2, 0.25) is 0 Å². The van der Waals surface area contributed by atoms with Gasteiger partial charge in [0.25, 0.3) is 0 Å². The van der Waals surface area contributed by atoms with Crippen LogP contribution in [0.25, 0.3) is 0 Å². The van der Waals surface area contributed by atoms with Gasteiger partial charge in [-0.1, -0.05) is 24.3 Å². The number of hydrogen-bond acceptors (Lipinski definition) is 2. The number of nitrogens with zero attached hydrogens (tertiary/aromatic N) is 1. The van der Waals surface area contributed by atoms with Gasteiger partial charge in [-0.05, 0) is 66.5 Å². The molecule has 3 rings (SSSR count). The van der Waals surface area contributed by atoms with Crippen LogP contribution in [0.1, 0.15) is 41.5 Å². The first-order valence-corrected chi connectivity index (χ1v) is 10.7. The highest BCUT2D eigenvalue weighted by atomic mass is 19.4. The lowest BCUT2D eigenvalue weighted by atomic mass is 9.83. The van der Waals surface area contributed by atoms with Crippen molar-refractivity contribution in [2.24, 2.45) is 11.8 Å². The number of piperidine rings is 1. The summed E-state index contributed by atoms with van der Waals surface area (Å²) in [6, 6.07) is 9.97. The monoisotopic (exact) mass is 473 g/mol. The molecule has 3 nitrogen and oxygen atoms in total. The molecule has 0 saturated carbocycles. The molecular weight excluding hydrogens is 448 g/mol. The van der Waals surface area contributed by atoms with Gasteiger partial charge in [-0.3, -0.25) is 9.69 Å². The summed E-state index contributed by atoms with van der Waals surface area (Å²) in [6.45, 7) is 1.59. The van der Waals surface area contributed by atoms with E-state index in [-0.39, 0.29) is 18.3 Å². The summed E-state index contributed by atoms with van der Waals surface area (Å²) >= 11 is 0. The number of likely N-dealkylation sites (tertiary alicyclic amines) is 1. The number of benzene rings is 2. The summed E-state index contributed by atoms with van der Waals surface area (Å²) in [6.07, 6.45) is -6.84. The first-order valence-electron chi connectivity index (χ1n) is 10.7. The molecule has 1 fully saturated rings. The number of hydrogen-bond donors (Lipinski definition) is 1. The molecule has 1 aliphatic heterocycles. The van der Waals surface area contributed by atoms with Crippen LogP contribution in [0.4, 0.5) is 26.3 Å². The fourth-order valence-corrected chi connectivity index (χ4v) is 4.45. The van der Waals surface area contributed by atoms with Crippen molar-refractivity contribution in [2.45, 2.75) is 44.6 Å². The van der Waals surface area contributed by atoms with Crippen molar-refractivity contribution in [3.63, 3.8) is 0 Å². The zero-order valence-corrected chi connectivity index (χ0v) is 17.8. The van der Waals surface area contributed by atoms with Crippen LogP contribution in [0, 0.1) is 11.8 Å². The normalized spacial score (nSPS) is 20.1. The Hall–Kier alpha value is -2.55. The largest absolute Gasteiger partial charge is 0.481 e. The molecule has 1 N–H and O–H groups in total. The number of alkyl halides is 6. The van der Waals surface area contributed by atoms with Crippen LogP contribution in [0.3, 0.4) is 0 Å². The molecule has 2 unspecified atom stereocenters. The van der Waals surface area contributed by atoms with Gasteiger partial charge in [0.15, 0.2) is 0 Å². The molecule has 33 heavy (non-hydrogen) atoms. The number of aryl methyl sites for hydroxylation is 1. The minimum atomic E-state index is -4.40. The van der Waals surface area contributed by atoms with Crippen molar-refractivity contribution in [1.29, 1.82) is 0 Å². The third-order valence-electron chi connectivity index (χ3n) is 5.97. The Morgan fingerprint density at radius 2 is 1.30 bits per heavy atom. The van der Waals surface area contributed by atoms with Crippen molar-refractivity contribution in [3.8, 4) is 0 Å². The number of carbonyl (C=O) groups is 1. The number of carboxylic acids is 1. The fraction of sp³-hybridized carbons (Fsp3) is 0.458. The third-order valence-corrected chi connectivity index (χ3v) is 5.97. The lowest BCUT2D eigenvalue weighted by Gasteiger charge is -2.37. The molecular formula is C24H25F6NO2. The average Bonchev–Trinajstić information content (AvgIpc) is 2.71. The second-order valence-corrected chi connectivity index (χ2v) is 8.69. The van der Waals surface area contributed by atoms with Crippen molar-refractivity contribution in [1.82, 2.24) is 4.90 Å². The van der Waals surface area contributed by atoms with Crippen LogP contribution in [-0.4, -0.2) is 29.1 Å². The van der Waals surface area contributed by atoms with Crippen LogP contribution in [-0.2, 0) is 30.1 Å². The van der Waals surface area contributed by atoms with Crippen LogP contribution in [0.5, 0.6) is 0 Å². The van der Waals surface area contributed by atoms with Gasteiger partial charge in [-0.25, -0.2) is 0 Å². The highest BCUT2D eigenvalue weighted by Crippen LogP contribution is 2.32. The van der Waals surface area contributed by atoms with Gasteiger partial charge in [-0.2, -0.15) is 26.3 Å². The summed E-state index contributed by atoms with van der Waals surface area (Å²) in [5, 5.41) is 9.22. The maximum atomic E-state index is 12.8. The molecule has 2 aromatic rings. The molecule has 1 heterocycles. The Labute approximate surface area is 188 Å². The summed E-state index contributed by atoms with van der Waals surface area (Å²) in [4.78, 5) is 13.3. The van der Waals surface area contributed by atoms with Gasteiger partial charge in [0.05, 0.1) is 11.1 Å². The van der Waals surface area contributed by atoms with Gasteiger partial charge in [0.1, 0.15) is 0 Å². The molecule has 0 bridgehead atoms. The summed E-state index contributed by atoms with van der Waals surface area (Å²) < 4.78 is 76.6. The standard InChI is InChI=1S/C24H25F6NO2/c25-23(26,27)20-7-3-16(4-8-20)1-2-18-11-19(12-22(32)33)15-31(14-18)13-17-5-9-21(10-6-17)24(28,29)30/h3-10,18-19H,1-2,11-15H2,(H,32,33). The van der Waals surface area contributed by atoms with Crippen LogP contribution < -0.4 is 0 Å². The number of aliphatic carboxylic acids is 1. The third kappa shape index (κ3) is 7.48. The van der Waals surface area contributed by atoms with E-state index in [2.05, 4.69) is 4.90 Å². The van der Waals surface area contributed by atoms with Crippen molar-refractivity contribution >= 4 is 5.97 Å². The Kier molecular flexibility index (Phi) is 7.72. The second-order valence-electron chi connectivity index (χ2n) is 8.69. The molecule has 0 aliphatic carbocycles. The van der Waals surface area contributed by atoms with E-state index in [1.54, 1.807) is 0 Å². The van der Waals surface area contributed by atoms with E-state index in [9.17, 15) is 36.2 Å². The van der Waals surface area contributed by atoms with Gasteiger partial charge < -0.3 is 5.11 Å². The zero-order chi connectivity index (χ0) is 24.2. The molecule has 0 amide bonds.